The fourth-order valence-corrected chi connectivity index (χ4v) is 2.79. The van der Waals surface area contributed by atoms with Crippen molar-refractivity contribution in [2.45, 2.75) is 20.0 Å². The number of anilines is 1. The maximum Gasteiger partial charge on any atom is 0.0916 e. The Balaban J connectivity index is 2.07. The molecule has 2 rings (SSSR count). The summed E-state index contributed by atoms with van der Waals surface area (Å²) in [7, 11) is 0. The van der Waals surface area contributed by atoms with Crippen LogP contribution in [0.5, 0.6) is 0 Å². The monoisotopic (exact) mass is 253 g/mol. The number of hydrogen-bond donors (Lipinski definition) is 1. The van der Waals surface area contributed by atoms with Crippen molar-refractivity contribution >= 4 is 22.4 Å². The molecule has 0 bridgehead atoms. The molecular weight excluding hydrogens is 234 g/mol. The maximum atomic E-state index is 9.45. The highest BCUT2D eigenvalue weighted by Crippen LogP contribution is 2.28. The van der Waals surface area contributed by atoms with Crippen LogP contribution in [0, 0.1) is 0 Å². The number of rotatable bonds is 3. The van der Waals surface area contributed by atoms with Crippen LogP contribution in [0.15, 0.2) is 17.7 Å². The Hall–Kier alpha value is -0.840. The molecule has 0 spiro atoms. The Bertz CT molecular complexity index is 392. The SMILES string of the molecule is C/C(=C\c1ccc(N2CCOCC2)s1)C(C)O. The lowest BCUT2D eigenvalue weighted by Crippen LogP contribution is -2.35. The van der Waals surface area contributed by atoms with Gasteiger partial charge in [-0.15, -0.1) is 11.3 Å². The van der Waals surface area contributed by atoms with Crippen LogP contribution in [0.25, 0.3) is 6.08 Å². The standard InChI is InChI=1S/C13H19NO2S/c1-10(11(2)15)9-12-3-4-13(17-12)14-5-7-16-8-6-14/h3-4,9,11,15H,5-8H2,1-2H3/b10-9+. The minimum absolute atomic E-state index is 0.371. The largest absolute Gasteiger partial charge is 0.389 e. The minimum Gasteiger partial charge on any atom is -0.389 e. The smallest absolute Gasteiger partial charge is 0.0916 e. The van der Waals surface area contributed by atoms with Crippen LogP contribution in [0.4, 0.5) is 5.00 Å². The number of aliphatic hydroxyl groups is 1. The highest BCUT2D eigenvalue weighted by Gasteiger charge is 2.12. The van der Waals surface area contributed by atoms with E-state index in [9.17, 15) is 5.11 Å². The van der Waals surface area contributed by atoms with E-state index in [0.29, 0.717) is 0 Å². The highest BCUT2D eigenvalue weighted by atomic mass is 32.1. The molecule has 0 radical (unpaired) electrons. The minimum atomic E-state index is -0.371. The second-order valence-corrected chi connectivity index (χ2v) is 5.43. The molecule has 1 aliphatic heterocycles. The van der Waals surface area contributed by atoms with E-state index in [1.807, 2.05) is 6.92 Å². The van der Waals surface area contributed by atoms with Gasteiger partial charge in [0.1, 0.15) is 0 Å². The van der Waals surface area contributed by atoms with Crippen LogP contribution in [0.3, 0.4) is 0 Å². The summed E-state index contributed by atoms with van der Waals surface area (Å²) in [6.07, 6.45) is 1.68. The molecule has 0 aliphatic carbocycles. The molecule has 2 heterocycles. The average Bonchev–Trinajstić information content (AvgIpc) is 2.78. The summed E-state index contributed by atoms with van der Waals surface area (Å²) in [6.45, 7) is 7.32. The van der Waals surface area contributed by atoms with Gasteiger partial charge in [0.05, 0.1) is 24.3 Å². The summed E-state index contributed by atoms with van der Waals surface area (Å²) in [5, 5.41) is 10.7. The van der Waals surface area contributed by atoms with E-state index < -0.39 is 0 Å². The van der Waals surface area contributed by atoms with Gasteiger partial charge in [-0.3, -0.25) is 0 Å². The molecule has 1 unspecified atom stereocenters. The van der Waals surface area contributed by atoms with Gasteiger partial charge >= 0.3 is 0 Å². The molecule has 94 valence electrons. The molecule has 1 aromatic heterocycles. The number of ether oxygens (including phenoxy) is 1. The van der Waals surface area contributed by atoms with Gasteiger partial charge in [0.25, 0.3) is 0 Å². The van der Waals surface area contributed by atoms with Crippen molar-refractivity contribution in [1.29, 1.82) is 0 Å². The quantitative estimate of drug-likeness (QED) is 0.897. The van der Waals surface area contributed by atoms with Gasteiger partial charge in [0.2, 0.25) is 0 Å². The molecule has 17 heavy (non-hydrogen) atoms. The van der Waals surface area contributed by atoms with Gasteiger partial charge < -0.3 is 14.7 Å². The number of thiophene rings is 1. The van der Waals surface area contributed by atoms with Gasteiger partial charge in [-0.05, 0) is 37.6 Å². The van der Waals surface area contributed by atoms with Crippen LogP contribution in [0.2, 0.25) is 0 Å². The van der Waals surface area contributed by atoms with E-state index in [2.05, 4.69) is 23.1 Å². The molecule has 4 heteroatoms. The molecule has 1 N–H and O–H groups in total. The summed E-state index contributed by atoms with van der Waals surface area (Å²) in [6, 6.07) is 4.26. The van der Waals surface area contributed by atoms with Crippen molar-refractivity contribution in [2.24, 2.45) is 0 Å². The second-order valence-electron chi connectivity index (χ2n) is 4.34. The summed E-state index contributed by atoms with van der Waals surface area (Å²) in [5.74, 6) is 0. The third kappa shape index (κ3) is 3.31. The molecule has 0 aromatic carbocycles. The summed E-state index contributed by atoms with van der Waals surface area (Å²) >= 11 is 1.77. The topological polar surface area (TPSA) is 32.7 Å². The first-order valence-electron chi connectivity index (χ1n) is 5.95. The van der Waals surface area contributed by atoms with Crippen LogP contribution < -0.4 is 4.90 Å². The van der Waals surface area contributed by atoms with Gasteiger partial charge in [-0.1, -0.05) is 0 Å². The van der Waals surface area contributed by atoms with Gasteiger partial charge in [-0.25, -0.2) is 0 Å². The van der Waals surface area contributed by atoms with E-state index in [0.717, 1.165) is 31.9 Å². The predicted molar refractivity (Wildman–Crippen MR) is 72.7 cm³/mol. The molecular formula is C13H19NO2S. The van der Waals surface area contributed by atoms with Crippen molar-refractivity contribution < 1.29 is 9.84 Å². The molecule has 0 amide bonds. The zero-order valence-corrected chi connectivity index (χ0v) is 11.2. The van der Waals surface area contributed by atoms with Crippen LogP contribution in [0.1, 0.15) is 18.7 Å². The second kappa shape index (κ2) is 5.67. The van der Waals surface area contributed by atoms with E-state index >= 15 is 0 Å². The average molecular weight is 253 g/mol. The summed E-state index contributed by atoms with van der Waals surface area (Å²) in [4.78, 5) is 3.55. The Morgan fingerprint density at radius 3 is 2.82 bits per heavy atom. The van der Waals surface area contributed by atoms with Crippen molar-refractivity contribution in [2.75, 3.05) is 31.2 Å². The Labute approximate surface area is 106 Å². The Morgan fingerprint density at radius 2 is 2.18 bits per heavy atom. The van der Waals surface area contributed by atoms with Crippen molar-refractivity contribution in [3.8, 4) is 0 Å². The first-order chi connectivity index (χ1) is 8.16. The lowest BCUT2D eigenvalue weighted by atomic mass is 10.2. The molecule has 1 atom stereocenters. The summed E-state index contributed by atoms with van der Waals surface area (Å²) < 4.78 is 5.34. The number of morpholine rings is 1. The van der Waals surface area contributed by atoms with E-state index in [-0.39, 0.29) is 6.10 Å². The lowest BCUT2D eigenvalue weighted by Gasteiger charge is -2.27. The van der Waals surface area contributed by atoms with Crippen molar-refractivity contribution in [3.05, 3.63) is 22.6 Å². The number of aliphatic hydroxyl groups excluding tert-OH is 1. The van der Waals surface area contributed by atoms with Crippen molar-refractivity contribution in [1.82, 2.24) is 0 Å². The third-order valence-electron chi connectivity index (χ3n) is 2.96. The molecule has 1 saturated heterocycles. The van der Waals surface area contributed by atoms with E-state index in [1.165, 1.54) is 9.88 Å². The number of nitrogens with zero attached hydrogens (tertiary/aromatic N) is 1. The van der Waals surface area contributed by atoms with Gasteiger partial charge in [0.15, 0.2) is 0 Å². The zero-order chi connectivity index (χ0) is 12.3. The molecule has 0 saturated carbocycles. The van der Waals surface area contributed by atoms with Crippen LogP contribution in [-0.4, -0.2) is 37.5 Å². The maximum absolute atomic E-state index is 9.45. The summed E-state index contributed by atoms with van der Waals surface area (Å²) in [5.41, 5.74) is 1.00. The van der Waals surface area contributed by atoms with Crippen molar-refractivity contribution in [3.63, 3.8) is 0 Å². The lowest BCUT2D eigenvalue weighted by molar-refractivity contribution is 0.123. The predicted octanol–water partition coefficient (Wildman–Crippen LogP) is 2.37. The first kappa shape index (κ1) is 12.6. The van der Waals surface area contributed by atoms with E-state index in [4.69, 9.17) is 4.74 Å². The van der Waals surface area contributed by atoms with Gasteiger partial charge in [-0.2, -0.15) is 0 Å². The van der Waals surface area contributed by atoms with Crippen LogP contribution in [-0.2, 0) is 4.74 Å². The van der Waals surface area contributed by atoms with Crippen LogP contribution >= 0.6 is 11.3 Å². The Morgan fingerprint density at radius 1 is 1.47 bits per heavy atom. The van der Waals surface area contributed by atoms with E-state index in [1.54, 1.807) is 18.3 Å². The third-order valence-corrected chi connectivity index (χ3v) is 4.06. The first-order valence-corrected chi connectivity index (χ1v) is 6.77. The molecule has 1 aliphatic rings. The fraction of sp³-hybridized carbons (Fsp3) is 0.538. The molecule has 1 fully saturated rings. The normalized spacial score (nSPS) is 19.5. The number of hydrogen-bond acceptors (Lipinski definition) is 4. The highest BCUT2D eigenvalue weighted by molar-refractivity contribution is 7.16. The molecule has 3 nitrogen and oxygen atoms in total. The Kier molecular flexibility index (Phi) is 4.20. The fourth-order valence-electron chi connectivity index (χ4n) is 1.72. The zero-order valence-electron chi connectivity index (χ0n) is 10.3. The van der Waals surface area contributed by atoms with Gasteiger partial charge in [0, 0.05) is 18.0 Å². The molecule has 1 aromatic rings.